The van der Waals surface area contributed by atoms with E-state index in [2.05, 4.69) is 31.4 Å². The van der Waals surface area contributed by atoms with E-state index in [0.717, 1.165) is 44.9 Å². The van der Waals surface area contributed by atoms with Crippen LogP contribution in [0.5, 0.6) is 0 Å². The van der Waals surface area contributed by atoms with E-state index in [1.165, 1.54) is 0 Å². The maximum absolute atomic E-state index is 14.4. The summed E-state index contributed by atoms with van der Waals surface area (Å²) in [7, 11) is 0. The monoisotopic (exact) mass is 587 g/mol. The van der Waals surface area contributed by atoms with Crippen molar-refractivity contribution in [1.29, 1.82) is 0 Å². The van der Waals surface area contributed by atoms with Gasteiger partial charge >= 0.3 is 0 Å². The Labute approximate surface area is 246 Å². The molecule has 4 fully saturated rings. The Morgan fingerprint density at radius 2 is 1.68 bits per heavy atom. The van der Waals surface area contributed by atoms with Crippen molar-refractivity contribution in [3.8, 4) is 0 Å². The van der Waals surface area contributed by atoms with Gasteiger partial charge in [0.15, 0.2) is 0 Å². The lowest BCUT2D eigenvalue weighted by atomic mass is 9.73. The summed E-state index contributed by atoms with van der Waals surface area (Å²) in [4.78, 5) is 44.1. The minimum atomic E-state index is -1.16. The number of ether oxygens (including phenoxy) is 1. The smallest absolute Gasteiger partial charge is 0.246 e. The number of fused-ring (bicyclic) bond motifs is 1. The average Bonchev–Trinajstić information content (AvgIpc) is 3.54. The Bertz CT molecular complexity index is 1210. The molecule has 0 unspecified atom stereocenters. The summed E-state index contributed by atoms with van der Waals surface area (Å²) in [6.07, 6.45) is 10.1. The molecule has 5 aliphatic rings. The Morgan fingerprint density at radius 1 is 0.975 bits per heavy atom. The first-order chi connectivity index (χ1) is 19.1. The van der Waals surface area contributed by atoms with Crippen LogP contribution in [-0.4, -0.2) is 52.5 Å². The largest absolute Gasteiger partial charge is 0.359 e. The number of carbonyl (C=O) groups is 3. The summed E-state index contributed by atoms with van der Waals surface area (Å²) in [5, 5.41) is 7.06. The molecule has 8 atom stereocenters. The highest BCUT2D eigenvalue weighted by molar-refractivity contribution is 6.35. The fraction of sp³-hybridized carbons (Fsp3) is 0.645. The van der Waals surface area contributed by atoms with E-state index >= 15 is 0 Å². The first-order valence-electron chi connectivity index (χ1n) is 14.9. The number of carbonyl (C=O) groups excluding carboxylic acids is 3. The summed E-state index contributed by atoms with van der Waals surface area (Å²) < 4.78 is 6.54. The van der Waals surface area contributed by atoms with Crippen LogP contribution in [0.3, 0.4) is 0 Å². The Balaban J connectivity index is 1.32. The van der Waals surface area contributed by atoms with Gasteiger partial charge in [0.25, 0.3) is 0 Å². The molecular weight excluding hydrogens is 549 g/mol. The topological polar surface area (TPSA) is 87.7 Å². The zero-order chi connectivity index (χ0) is 28.3. The Hall–Kier alpha value is -2.09. The second-order valence-electron chi connectivity index (χ2n) is 12.9. The van der Waals surface area contributed by atoms with Gasteiger partial charge in [-0.3, -0.25) is 14.4 Å². The van der Waals surface area contributed by atoms with Crippen LogP contribution in [0.2, 0.25) is 10.0 Å². The highest BCUT2D eigenvalue weighted by Crippen LogP contribution is 2.56. The third-order valence-electron chi connectivity index (χ3n) is 10.4. The van der Waals surface area contributed by atoms with Crippen LogP contribution in [0.4, 0.5) is 5.69 Å². The van der Waals surface area contributed by atoms with Crippen LogP contribution >= 0.6 is 23.2 Å². The molecule has 1 aromatic rings. The van der Waals surface area contributed by atoms with Gasteiger partial charge in [0, 0.05) is 27.8 Å². The van der Waals surface area contributed by atoms with Crippen molar-refractivity contribution in [3.05, 3.63) is 40.4 Å². The lowest BCUT2D eigenvalue weighted by Gasteiger charge is -2.41. The minimum Gasteiger partial charge on any atom is -0.359 e. The van der Waals surface area contributed by atoms with E-state index in [4.69, 9.17) is 27.9 Å². The Kier molecular flexibility index (Phi) is 7.46. The molecule has 7 nitrogen and oxygen atoms in total. The number of hydrogen-bond acceptors (Lipinski definition) is 4. The average molecular weight is 589 g/mol. The van der Waals surface area contributed by atoms with Crippen LogP contribution < -0.4 is 10.6 Å². The van der Waals surface area contributed by atoms with Gasteiger partial charge in [0.1, 0.15) is 11.6 Å². The standard InChI is InChI=1S/C31H39Cl2N3O4/c1-16-7-9-22(10-8-16)36-27(29(38)35-23-6-4-5-17(2)18(23)3)31-12-11-24(40-31)25(26(31)30(36)39)28(37)34-21-14-19(32)13-20(33)15-21/h11-18,22-27H,4-10H2,1-3H3,(H,34,37)(H,35,38)/t16?,17-,18-,22?,23+,24-,25+,26-,27-,31-/m0/s1. The van der Waals surface area contributed by atoms with Crippen LogP contribution in [0, 0.1) is 29.6 Å². The number of likely N-dealkylation sites (tertiary alicyclic amines) is 1. The SMILES string of the molecule is CC1CCC(N2C(=O)[C@@H]3[C@H](C(=O)Nc4cc(Cl)cc(Cl)c4)[C@@H]4C=C[C@@]3(O4)[C@@H]2C(=O)N[C@@H]2CCC[C@H](C)[C@@H]2C)CC1. The fourth-order valence-corrected chi connectivity index (χ4v) is 8.55. The molecule has 216 valence electrons. The van der Waals surface area contributed by atoms with E-state index < -0.39 is 29.6 Å². The lowest BCUT2D eigenvalue weighted by molar-refractivity contribution is -0.145. The van der Waals surface area contributed by atoms with Crippen molar-refractivity contribution in [1.82, 2.24) is 10.2 Å². The number of nitrogens with zero attached hydrogens (tertiary/aromatic N) is 1. The molecule has 0 aromatic heterocycles. The highest BCUT2D eigenvalue weighted by Gasteiger charge is 2.73. The summed E-state index contributed by atoms with van der Waals surface area (Å²) in [5.74, 6) is -0.695. The second-order valence-corrected chi connectivity index (χ2v) is 13.8. The molecule has 6 rings (SSSR count). The number of amides is 3. The number of nitrogens with one attached hydrogen (secondary N) is 2. The van der Waals surface area contributed by atoms with Crippen molar-refractivity contribution in [2.45, 2.75) is 95.5 Å². The van der Waals surface area contributed by atoms with Gasteiger partial charge < -0.3 is 20.3 Å². The molecule has 2 bridgehead atoms. The van der Waals surface area contributed by atoms with Crippen LogP contribution in [-0.2, 0) is 19.1 Å². The maximum atomic E-state index is 14.4. The number of benzene rings is 1. The molecule has 3 amide bonds. The van der Waals surface area contributed by atoms with Crippen molar-refractivity contribution < 1.29 is 19.1 Å². The van der Waals surface area contributed by atoms with E-state index in [-0.39, 0.29) is 29.8 Å². The first kappa shape index (κ1) is 28.0. The van der Waals surface area contributed by atoms with Crippen molar-refractivity contribution in [3.63, 3.8) is 0 Å². The minimum absolute atomic E-state index is 0.0476. The second kappa shape index (κ2) is 10.6. The van der Waals surface area contributed by atoms with E-state index in [0.29, 0.717) is 33.5 Å². The van der Waals surface area contributed by atoms with Gasteiger partial charge in [0.2, 0.25) is 17.7 Å². The lowest BCUT2D eigenvalue weighted by Crippen LogP contribution is -2.59. The molecule has 3 aliphatic heterocycles. The normalized spacial score (nSPS) is 40.3. The van der Waals surface area contributed by atoms with Crippen LogP contribution in [0.1, 0.15) is 65.7 Å². The van der Waals surface area contributed by atoms with Gasteiger partial charge in [-0.25, -0.2) is 0 Å². The number of rotatable bonds is 5. The molecule has 9 heteroatoms. The van der Waals surface area contributed by atoms with E-state index in [1.807, 2.05) is 17.1 Å². The Morgan fingerprint density at radius 3 is 2.38 bits per heavy atom. The molecule has 2 saturated carbocycles. The highest BCUT2D eigenvalue weighted by atomic mass is 35.5. The predicted molar refractivity (Wildman–Crippen MR) is 155 cm³/mol. The third-order valence-corrected chi connectivity index (χ3v) is 10.8. The fourth-order valence-electron chi connectivity index (χ4n) is 8.02. The molecule has 2 aliphatic carbocycles. The molecule has 1 spiro atoms. The van der Waals surface area contributed by atoms with Crippen molar-refractivity contribution in [2.75, 3.05) is 5.32 Å². The van der Waals surface area contributed by atoms with Crippen molar-refractivity contribution >= 4 is 46.6 Å². The number of halogens is 2. The van der Waals surface area contributed by atoms with Gasteiger partial charge in [-0.15, -0.1) is 0 Å². The molecule has 0 radical (unpaired) electrons. The van der Waals surface area contributed by atoms with E-state index in [1.54, 1.807) is 18.2 Å². The zero-order valence-corrected chi connectivity index (χ0v) is 24.9. The van der Waals surface area contributed by atoms with Gasteiger partial charge in [0.05, 0.1) is 17.9 Å². The molecule has 1 aromatic carbocycles. The third kappa shape index (κ3) is 4.66. The summed E-state index contributed by atoms with van der Waals surface area (Å²) in [6, 6.07) is 4.06. The maximum Gasteiger partial charge on any atom is 0.246 e. The van der Waals surface area contributed by atoms with Crippen molar-refractivity contribution in [2.24, 2.45) is 29.6 Å². The molecule has 2 N–H and O–H groups in total. The molecular formula is C31H39Cl2N3O4. The molecule has 40 heavy (non-hydrogen) atoms. The van der Waals surface area contributed by atoms with Gasteiger partial charge in [-0.2, -0.15) is 0 Å². The summed E-state index contributed by atoms with van der Waals surface area (Å²) >= 11 is 12.3. The van der Waals surface area contributed by atoms with Gasteiger partial charge in [-0.05, 0) is 68.1 Å². The summed E-state index contributed by atoms with van der Waals surface area (Å²) in [5.41, 5.74) is -0.701. The van der Waals surface area contributed by atoms with Gasteiger partial charge in [-0.1, -0.05) is 69.0 Å². The molecule has 3 heterocycles. The van der Waals surface area contributed by atoms with Crippen LogP contribution in [0.25, 0.3) is 0 Å². The van der Waals surface area contributed by atoms with E-state index in [9.17, 15) is 14.4 Å². The zero-order valence-electron chi connectivity index (χ0n) is 23.4. The number of hydrogen-bond donors (Lipinski definition) is 2. The first-order valence-corrected chi connectivity index (χ1v) is 15.6. The van der Waals surface area contributed by atoms with Crippen LogP contribution in [0.15, 0.2) is 30.4 Å². The quantitative estimate of drug-likeness (QED) is 0.439. The number of anilines is 1. The summed E-state index contributed by atoms with van der Waals surface area (Å²) in [6.45, 7) is 6.68. The predicted octanol–water partition coefficient (Wildman–Crippen LogP) is 5.60. The molecule has 2 saturated heterocycles.